The molecule has 0 spiro atoms. The quantitative estimate of drug-likeness (QED) is 0.587. The molecule has 156 valence electrons. The summed E-state index contributed by atoms with van der Waals surface area (Å²) in [4.78, 5) is 17.4. The normalized spacial score (nSPS) is 12.7. The number of terminal acetylenes is 1. The Morgan fingerprint density at radius 3 is 2.57 bits per heavy atom. The highest BCUT2D eigenvalue weighted by Crippen LogP contribution is 2.23. The van der Waals surface area contributed by atoms with Gasteiger partial charge in [0.2, 0.25) is 10.0 Å². The predicted molar refractivity (Wildman–Crippen MR) is 117 cm³/mol. The number of halogens is 1. The molecule has 1 aromatic heterocycles. The number of primary sulfonamides is 1. The maximum Gasteiger partial charge on any atom is 0.291 e. The average Bonchev–Trinajstić information content (AvgIpc) is 2.99. The zero-order valence-corrected chi connectivity index (χ0v) is 18.5. The SMILES string of the molecule is C#CCn1c(=NC(=O)C(C)(C)Oc2ccc(Cl)cc2)sc2cc(S(N)(=O)=O)ccc21. The van der Waals surface area contributed by atoms with E-state index >= 15 is 0 Å². The van der Waals surface area contributed by atoms with Gasteiger partial charge in [0.15, 0.2) is 10.4 Å². The summed E-state index contributed by atoms with van der Waals surface area (Å²) in [5.74, 6) is 2.46. The van der Waals surface area contributed by atoms with Crippen molar-refractivity contribution in [2.24, 2.45) is 10.1 Å². The summed E-state index contributed by atoms with van der Waals surface area (Å²) in [6.07, 6.45) is 5.47. The second-order valence-corrected chi connectivity index (χ2v) is 9.84. The number of ether oxygens (including phenoxy) is 1. The van der Waals surface area contributed by atoms with Crippen molar-refractivity contribution in [3.8, 4) is 18.1 Å². The second kappa shape index (κ2) is 8.24. The molecule has 2 N–H and O–H groups in total. The highest BCUT2D eigenvalue weighted by atomic mass is 35.5. The van der Waals surface area contributed by atoms with E-state index in [1.165, 1.54) is 12.1 Å². The van der Waals surface area contributed by atoms with Crippen molar-refractivity contribution in [2.75, 3.05) is 0 Å². The Kier molecular flexibility index (Phi) is 6.06. The van der Waals surface area contributed by atoms with E-state index in [-0.39, 0.29) is 11.4 Å². The van der Waals surface area contributed by atoms with Crippen molar-refractivity contribution in [3.05, 3.63) is 52.3 Å². The molecular weight excluding hydrogens is 446 g/mol. The Hall–Kier alpha value is -2.64. The van der Waals surface area contributed by atoms with Crippen LogP contribution in [0.3, 0.4) is 0 Å². The van der Waals surface area contributed by atoms with Crippen molar-refractivity contribution in [2.45, 2.75) is 30.9 Å². The van der Waals surface area contributed by atoms with Gasteiger partial charge in [0, 0.05) is 5.02 Å². The number of fused-ring (bicyclic) bond motifs is 1. The predicted octanol–water partition coefficient (Wildman–Crippen LogP) is 2.92. The smallest absolute Gasteiger partial charge is 0.291 e. The van der Waals surface area contributed by atoms with Crippen LogP contribution in [0.1, 0.15) is 13.8 Å². The third kappa shape index (κ3) is 4.74. The number of sulfonamides is 1. The van der Waals surface area contributed by atoms with Gasteiger partial charge in [-0.3, -0.25) is 4.79 Å². The monoisotopic (exact) mass is 463 g/mol. The fraction of sp³-hybridized carbons (Fsp3) is 0.200. The molecule has 10 heteroatoms. The van der Waals surface area contributed by atoms with Crippen molar-refractivity contribution in [1.29, 1.82) is 0 Å². The number of nitrogens with two attached hydrogens (primary N) is 1. The molecule has 0 unspecified atom stereocenters. The lowest BCUT2D eigenvalue weighted by atomic mass is 10.1. The first-order chi connectivity index (χ1) is 14.0. The number of nitrogens with zero attached hydrogens (tertiary/aromatic N) is 2. The number of rotatable bonds is 5. The molecule has 0 aliphatic heterocycles. The lowest BCUT2D eigenvalue weighted by molar-refractivity contribution is -0.130. The van der Waals surface area contributed by atoms with Crippen LogP contribution in [0.25, 0.3) is 10.2 Å². The van der Waals surface area contributed by atoms with Crippen LogP contribution in [0.4, 0.5) is 0 Å². The van der Waals surface area contributed by atoms with Gasteiger partial charge in [-0.1, -0.05) is 28.9 Å². The largest absolute Gasteiger partial charge is 0.478 e. The van der Waals surface area contributed by atoms with Gasteiger partial charge in [-0.25, -0.2) is 13.6 Å². The Morgan fingerprint density at radius 2 is 1.97 bits per heavy atom. The Balaban J connectivity index is 2.04. The standard InChI is InChI=1S/C20H18ClN3O4S2/c1-4-11-24-16-10-9-15(30(22,26)27)12-17(16)29-19(24)23-18(25)20(2,3)28-14-7-5-13(21)6-8-14/h1,5-10,12H,11H2,2-3H3,(H2,22,26,27). The van der Waals surface area contributed by atoms with Gasteiger partial charge < -0.3 is 9.30 Å². The lowest BCUT2D eigenvalue weighted by Gasteiger charge is -2.22. The highest BCUT2D eigenvalue weighted by molar-refractivity contribution is 7.89. The summed E-state index contributed by atoms with van der Waals surface area (Å²) >= 11 is 7.01. The van der Waals surface area contributed by atoms with Crippen LogP contribution in [0.15, 0.2) is 52.4 Å². The fourth-order valence-corrected chi connectivity index (χ4v) is 4.43. The Morgan fingerprint density at radius 1 is 1.30 bits per heavy atom. The molecule has 0 aliphatic carbocycles. The minimum atomic E-state index is -3.86. The number of hydrogen-bond donors (Lipinski definition) is 1. The zero-order valence-electron chi connectivity index (χ0n) is 16.1. The molecule has 0 radical (unpaired) electrons. The maximum atomic E-state index is 12.9. The molecule has 3 rings (SSSR count). The number of carbonyl (C=O) groups excluding carboxylic acids is 1. The van der Waals surface area contributed by atoms with Crippen LogP contribution in [-0.2, 0) is 21.4 Å². The number of benzene rings is 2. The van der Waals surface area contributed by atoms with E-state index < -0.39 is 21.5 Å². The summed E-state index contributed by atoms with van der Waals surface area (Å²) in [5, 5.41) is 5.76. The molecule has 0 atom stereocenters. The Bertz CT molecular complexity index is 1330. The van der Waals surface area contributed by atoms with E-state index in [1.54, 1.807) is 48.7 Å². The van der Waals surface area contributed by atoms with Crippen LogP contribution >= 0.6 is 22.9 Å². The molecule has 0 aliphatic rings. The molecule has 7 nitrogen and oxygen atoms in total. The van der Waals surface area contributed by atoms with Crippen molar-refractivity contribution in [1.82, 2.24) is 4.57 Å². The summed E-state index contributed by atoms with van der Waals surface area (Å²) < 4.78 is 31.3. The van der Waals surface area contributed by atoms with Crippen molar-refractivity contribution >= 4 is 49.1 Å². The van der Waals surface area contributed by atoms with Crippen LogP contribution in [0.2, 0.25) is 5.02 Å². The molecule has 2 aromatic carbocycles. The molecule has 1 amide bonds. The second-order valence-electron chi connectivity index (χ2n) is 6.83. The minimum Gasteiger partial charge on any atom is -0.478 e. The first kappa shape index (κ1) is 22.1. The first-order valence-corrected chi connectivity index (χ1v) is 11.4. The first-order valence-electron chi connectivity index (χ1n) is 8.65. The van der Waals surface area contributed by atoms with Gasteiger partial charge in [0.05, 0.1) is 21.7 Å². The van der Waals surface area contributed by atoms with Crippen LogP contribution < -0.4 is 14.7 Å². The van der Waals surface area contributed by atoms with Crippen LogP contribution in [-0.4, -0.2) is 24.5 Å². The number of aromatic nitrogens is 1. The van der Waals surface area contributed by atoms with Gasteiger partial charge >= 0.3 is 0 Å². The van der Waals surface area contributed by atoms with E-state index in [4.69, 9.17) is 27.9 Å². The van der Waals surface area contributed by atoms with Crippen molar-refractivity contribution < 1.29 is 17.9 Å². The average molecular weight is 464 g/mol. The number of amides is 1. The molecule has 3 aromatic rings. The molecule has 0 fully saturated rings. The fourth-order valence-electron chi connectivity index (χ4n) is 2.62. The van der Waals surface area contributed by atoms with Gasteiger partial charge in [0.1, 0.15) is 5.75 Å². The highest BCUT2D eigenvalue weighted by Gasteiger charge is 2.30. The van der Waals surface area contributed by atoms with Crippen LogP contribution in [0.5, 0.6) is 5.75 Å². The van der Waals surface area contributed by atoms with E-state index in [9.17, 15) is 13.2 Å². The van der Waals surface area contributed by atoms with E-state index in [0.29, 0.717) is 25.8 Å². The van der Waals surface area contributed by atoms with Crippen LogP contribution in [0, 0.1) is 12.3 Å². The molecule has 30 heavy (non-hydrogen) atoms. The number of hydrogen-bond acceptors (Lipinski definition) is 5. The van der Waals surface area contributed by atoms with Gasteiger partial charge in [-0.15, -0.1) is 6.42 Å². The van der Waals surface area contributed by atoms with Gasteiger partial charge in [0.25, 0.3) is 5.91 Å². The zero-order chi connectivity index (χ0) is 22.1. The number of thiazole rings is 1. The van der Waals surface area contributed by atoms with Gasteiger partial charge in [-0.05, 0) is 56.3 Å². The Labute approximate surface area is 182 Å². The topological polar surface area (TPSA) is 104 Å². The van der Waals surface area contributed by atoms with E-state index in [2.05, 4.69) is 10.9 Å². The summed E-state index contributed by atoms with van der Waals surface area (Å²) in [6, 6.07) is 11.0. The maximum absolute atomic E-state index is 12.9. The third-order valence-corrected chi connectivity index (χ3v) is 6.34. The molecule has 0 saturated heterocycles. The molecular formula is C20H18ClN3O4S2. The van der Waals surface area contributed by atoms with Gasteiger partial charge in [-0.2, -0.15) is 4.99 Å². The van der Waals surface area contributed by atoms with Crippen molar-refractivity contribution in [3.63, 3.8) is 0 Å². The third-order valence-electron chi connectivity index (χ3n) is 4.13. The molecule has 0 bridgehead atoms. The summed E-state index contributed by atoms with van der Waals surface area (Å²) in [7, 11) is -3.86. The minimum absolute atomic E-state index is 0.0339. The summed E-state index contributed by atoms with van der Waals surface area (Å²) in [6.45, 7) is 3.36. The number of carbonyl (C=O) groups is 1. The van der Waals surface area contributed by atoms with E-state index in [0.717, 1.165) is 11.3 Å². The van der Waals surface area contributed by atoms with E-state index in [1.807, 2.05) is 0 Å². The molecule has 1 heterocycles. The molecule has 0 saturated carbocycles. The summed E-state index contributed by atoms with van der Waals surface area (Å²) in [5.41, 5.74) is -0.614. The lowest BCUT2D eigenvalue weighted by Crippen LogP contribution is -2.38.